The van der Waals surface area contributed by atoms with Crippen LogP contribution >= 0.6 is 0 Å². The summed E-state index contributed by atoms with van der Waals surface area (Å²) in [5.41, 5.74) is 1.29. The molecule has 0 unspecified atom stereocenters. The zero-order chi connectivity index (χ0) is 15.5. The summed E-state index contributed by atoms with van der Waals surface area (Å²) in [4.78, 5) is 23.5. The van der Waals surface area contributed by atoms with Crippen LogP contribution in [-0.4, -0.2) is 5.97 Å². The van der Waals surface area contributed by atoms with Gasteiger partial charge < -0.3 is 9.15 Å². The van der Waals surface area contributed by atoms with Gasteiger partial charge in [-0.05, 0) is 23.8 Å². The van der Waals surface area contributed by atoms with E-state index < -0.39 is 5.63 Å². The molecule has 0 atom stereocenters. The lowest BCUT2D eigenvalue weighted by Gasteiger charge is -2.05. The fraction of sp³-hybridized carbons (Fsp3) is 0.111. The molecule has 0 amide bonds. The van der Waals surface area contributed by atoms with Crippen molar-refractivity contribution in [3.05, 3.63) is 65.0 Å². The van der Waals surface area contributed by atoms with Crippen molar-refractivity contribution in [3.63, 3.8) is 0 Å². The van der Waals surface area contributed by atoms with Crippen LogP contribution in [0.5, 0.6) is 5.75 Å². The van der Waals surface area contributed by atoms with Gasteiger partial charge in [0.25, 0.3) is 0 Å². The van der Waals surface area contributed by atoms with Crippen molar-refractivity contribution in [2.24, 2.45) is 0 Å². The molecule has 0 fully saturated rings. The van der Waals surface area contributed by atoms with Crippen LogP contribution in [0.3, 0.4) is 0 Å². The standard InChI is InChI=1S/C18H14O4/c1-2-17(19)21-14-9-8-13-10-15(12-6-4-3-5-7-12)18(20)22-16(13)11-14/h3-11H,2H2,1H3. The molecule has 110 valence electrons. The Balaban J connectivity index is 2.07. The van der Waals surface area contributed by atoms with E-state index in [4.69, 9.17) is 9.15 Å². The van der Waals surface area contributed by atoms with E-state index in [-0.39, 0.29) is 12.4 Å². The molecule has 0 N–H and O–H groups in total. The lowest BCUT2D eigenvalue weighted by Crippen LogP contribution is -2.06. The highest BCUT2D eigenvalue weighted by atomic mass is 16.5. The molecule has 0 aliphatic rings. The van der Waals surface area contributed by atoms with E-state index in [0.29, 0.717) is 16.9 Å². The topological polar surface area (TPSA) is 56.5 Å². The lowest BCUT2D eigenvalue weighted by molar-refractivity contribution is -0.134. The molecule has 1 heterocycles. The lowest BCUT2D eigenvalue weighted by atomic mass is 10.1. The largest absolute Gasteiger partial charge is 0.426 e. The third-order valence-corrected chi connectivity index (χ3v) is 3.31. The molecule has 0 bridgehead atoms. The smallest absolute Gasteiger partial charge is 0.344 e. The number of rotatable bonds is 3. The fourth-order valence-electron chi connectivity index (χ4n) is 2.18. The summed E-state index contributed by atoms with van der Waals surface area (Å²) in [6, 6.07) is 16.1. The summed E-state index contributed by atoms with van der Waals surface area (Å²) in [5.74, 6) is 0.0394. The van der Waals surface area contributed by atoms with E-state index in [1.54, 1.807) is 31.2 Å². The molecule has 0 saturated heterocycles. The molecule has 0 aliphatic carbocycles. The average molecular weight is 294 g/mol. The summed E-state index contributed by atoms with van der Waals surface area (Å²) in [6.45, 7) is 1.72. The second kappa shape index (κ2) is 5.85. The second-order valence-electron chi connectivity index (χ2n) is 4.84. The molecular weight excluding hydrogens is 280 g/mol. The number of ether oxygens (including phenoxy) is 1. The minimum Gasteiger partial charge on any atom is -0.426 e. The summed E-state index contributed by atoms with van der Waals surface area (Å²) >= 11 is 0. The van der Waals surface area contributed by atoms with Crippen LogP contribution in [-0.2, 0) is 4.79 Å². The van der Waals surface area contributed by atoms with Crippen LogP contribution in [0.1, 0.15) is 13.3 Å². The SMILES string of the molecule is CCC(=O)Oc1ccc2cc(-c3ccccc3)c(=O)oc2c1. The first kappa shape index (κ1) is 14.1. The number of carbonyl (C=O) groups is 1. The predicted molar refractivity (Wildman–Crippen MR) is 83.8 cm³/mol. The Kier molecular flexibility index (Phi) is 3.74. The Labute approximate surface area is 127 Å². The van der Waals surface area contributed by atoms with Gasteiger partial charge in [0, 0.05) is 17.9 Å². The van der Waals surface area contributed by atoms with Crippen LogP contribution < -0.4 is 10.4 Å². The van der Waals surface area contributed by atoms with Crippen molar-refractivity contribution in [3.8, 4) is 16.9 Å². The molecular formula is C18H14O4. The number of hydrogen-bond donors (Lipinski definition) is 0. The summed E-state index contributed by atoms with van der Waals surface area (Å²) in [5, 5.41) is 0.773. The first-order valence-corrected chi connectivity index (χ1v) is 7.01. The quantitative estimate of drug-likeness (QED) is 0.419. The summed E-state index contributed by atoms with van der Waals surface area (Å²) < 4.78 is 10.5. The van der Waals surface area contributed by atoms with Crippen molar-refractivity contribution >= 4 is 16.9 Å². The maximum Gasteiger partial charge on any atom is 0.344 e. The zero-order valence-electron chi connectivity index (χ0n) is 12.0. The predicted octanol–water partition coefficient (Wildman–Crippen LogP) is 3.78. The third kappa shape index (κ3) is 2.76. The van der Waals surface area contributed by atoms with Gasteiger partial charge >= 0.3 is 11.6 Å². The minimum absolute atomic E-state index is 0.287. The Hall–Kier alpha value is -2.88. The average Bonchev–Trinajstić information content (AvgIpc) is 2.55. The first-order valence-electron chi connectivity index (χ1n) is 7.01. The Morgan fingerprint density at radius 2 is 1.86 bits per heavy atom. The van der Waals surface area contributed by atoms with E-state index in [2.05, 4.69) is 0 Å². The molecule has 3 rings (SSSR count). The molecule has 1 aromatic heterocycles. The Bertz CT molecular complexity index is 878. The maximum absolute atomic E-state index is 12.1. The van der Waals surface area contributed by atoms with E-state index >= 15 is 0 Å². The van der Waals surface area contributed by atoms with Crippen molar-refractivity contribution in [1.29, 1.82) is 0 Å². The van der Waals surface area contributed by atoms with Crippen LogP contribution in [0.4, 0.5) is 0 Å². The number of fused-ring (bicyclic) bond motifs is 1. The van der Waals surface area contributed by atoms with Gasteiger partial charge in [0.15, 0.2) is 0 Å². The van der Waals surface area contributed by atoms with Crippen molar-refractivity contribution in [1.82, 2.24) is 0 Å². The van der Waals surface area contributed by atoms with Crippen molar-refractivity contribution in [2.45, 2.75) is 13.3 Å². The highest BCUT2D eigenvalue weighted by molar-refractivity contribution is 5.83. The Morgan fingerprint density at radius 1 is 1.09 bits per heavy atom. The zero-order valence-corrected chi connectivity index (χ0v) is 12.0. The van der Waals surface area contributed by atoms with Gasteiger partial charge in [-0.3, -0.25) is 4.79 Å². The first-order chi connectivity index (χ1) is 10.7. The van der Waals surface area contributed by atoms with Gasteiger partial charge in [0.1, 0.15) is 11.3 Å². The van der Waals surface area contributed by atoms with E-state index in [0.717, 1.165) is 10.9 Å². The minimum atomic E-state index is -0.419. The number of carbonyl (C=O) groups excluding carboxylic acids is 1. The van der Waals surface area contributed by atoms with Crippen LogP contribution in [0.25, 0.3) is 22.1 Å². The van der Waals surface area contributed by atoms with Gasteiger partial charge in [-0.15, -0.1) is 0 Å². The number of esters is 1. The second-order valence-corrected chi connectivity index (χ2v) is 4.84. The molecule has 22 heavy (non-hydrogen) atoms. The van der Waals surface area contributed by atoms with Crippen LogP contribution in [0, 0.1) is 0 Å². The van der Waals surface area contributed by atoms with Crippen LogP contribution in [0.15, 0.2) is 63.8 Å². The fourth-order valence-corrected chi connectivity index (χ4v) is 2.18. The van der Waals surface area contributed by atoms with Gasteiger partial charge in [-0.2, -0.15) is 0 Å². The Morgan fingerprint density at radius 3 is 2.59 bits per heavy atom. The van der Waals surface area contributed by atoms with E-state index in [1.807, 2.05) is 30.3 Å². The molecule has 4 heteroatoms. The summed E-state index contributed by atoms with van der Waals surface area (Å²) in [6.07, 6.45) is 0.287. The molecule has 3 aromatic rings. The van der Waals surface area contributed by atoms with E-state index in [9.17, 15) is 9.59 Å². The molecule has 0 spiro atoms. The number of hydrogen-bond acceptors (Lipinski definition) is 4. The maximum atomic E-state index is 12.1. The third-order valence-electron chi connectivity index (χ3n) is 3.31. The molecule has 2 aromatic carbocycles. The molecule has 4 nitrogen and oxygen atoms in total. The highest BCUT2D eigenvalue weighted by Crippen LogP contribution is 2.24. The van der Waals surface area contributed by atoms with Crippen molar-refractivity contribution in [2.75, 3.05) is 0 Å². The van der Waals surface area contributed by atoms with Gasteiger partial charge in [-0.1, -0.05) is 37.3 Å². The number of benzene rings is 2. The highest BCUT2D eigenvalue weighted by Gasteiger charge is 2.09. The van der Waals surface area contributed by atoms with Crippen LogP contribution in [0.2, 0.25) is 0 Å². The monoisotopic (exact) mass is 294 g/mol. The van der Waals surface area contributed by atoms with Gasteiger partial charge in [0.2, 0.25) is 0 Å². The molecule has 0 saturated carbocycles. The molecule has 0 aliphatic heterocycles. The molecule has 0 radical (unpaired) electrons. The van der Waals surface area contributed by atoms with Gasteiger partial charge in [-0.25, -0.2) is 4.79 Å². The van der Waals surface area contributed by atoms with E-state index in [1.165, 1.54) is 0 Å². The van der Waals surface area contributed by atoms with Gasteiger partial charge in [0.05, 0.1) is 5.56 Å². The van der Waals surface area contributed by atoms with Crippen molar-refractivity contribution < 1.29 is 13.9 Å². The normalized spacial score (nSPS) is 10.6. The summed E-state index contributed by atoms with van der Waals surface area (Å²) in [7, 11) is 0.